The fourth-order valence-electron chi connectivity index (χ4n) is 5.56. The molecule has 0 aliphatic heterocycles. The molecule has 1 aromatic rings. The number of aliphatic hydroxyl groups is 1. The highest BCUT2D eigenvalue weighted by atomic mass is 16.3. The number of phenolic OH excluding ortho intramolecular Hbond substituents is 1. The van der Waals surface area contributed by atoms with Gasteiger partial charge in [0.2, 0.25) is 0 Å². The average Bonchev–Trinajstić information content (AvgIpc) is 3.39. The summed E-state index contributed by atoms with van der Waals surface area (Å²) in [6.45, 7) is 0. The molecule has 3 heteroatoms. The fourth-order valence-corrected chi connectivity index (χ4v) is 5.56. The maximum absolute atomic E-state index is 13.3. The molecule has 2 atom stereocenters. The number of aromatic hydroxyl groups is 1. The molecule has 0 heterocycles. The van der Waals surface area contributed by atoms with Crippen molar-refractivity contribution in [1.29, 1.82) is 0 Å². The third kappa shape index (κ3) is 2.06. The van der Waals surface area contributed by atoms with Crippen molar-refractivity contribution in [2.45, 2.75) is 50.9 Å². The SMILES string of the molecule is O=C1C(c2cc(O)ccc2C2CC2)=C(O)C2CC3CCC(CC3)C12. The summed E-state index contributed by atoms with van der Waals surface area (Å²) in [7, 11) is 0. The van der Waals surface area contributed by atoms with Crippen LogP contribution in [0, 0.1) is 23.7 Å². The van der Waals surface area contributed by atoms with Crippen molar-refractivity contribution in [3.63, 3.8) is 0 Å². The van der Waals surface area contributed by atoms with Crippen molar-refractivity contribution in [2.24, 2.45) is 23.7 Å². The highest BCUT2D eigenvalue weighted by molar-refractivity contribution is 6.25. The third-order valence-electron chi connectivity index (χ3n) is 6.90. The van der Waals surface area contributed by atoms with Crippen LogP contribution in [0.2, 0.25) is 0 Å². The minimum atomic E-state index is -0.0260. The third-order valence-corrected chi connectivity index (χ3v) is 6.90. The lowest BCUT2D eigenvalue weighted by Crippen LogP contribution is -2.25. The van der Waals surface area contributed by atoms with Gasteiger partial charge in [0.25, 0.3) is 0 Å². The molecule has 24 heavy (non-hydrogen) atoms. The summed E-state index contributed by atoms with van der Waals surface area (Å²) in [5, 5.41) is 21.0. The summed E-state index contributed by atoms with van der Waals surface area (Å²) in [5.74, 6) is 2.20. The number of aliphatic hydroxyl groups excluding tert-OH is 1. The molecule has 0 amide bonds. The van der Waals surface area contributed by atoms with Crippen LogP contribution in [-0.2, 0) is 4.79 Å². The van der Waals surface area contributed by atoms with Gasteiger partial charge in [-0.2, -0.15) is 0 Å². The van der Waals surface area contributed by atoms with E-state index in [-0.39, 0.29) is 23.4 Å². The molecule has 0 saturated heterocycles. The number of carbonyl (C=O) groups excluding carboxylic acids is 1. The van der Waals surface area contributed by atoms with Crippen LogP contribution in [0.15, 0.2) is 24.0 Å². The second-order valence-corrected chi connectivity index (χ2v) is 8.32. The van der Waals surface area contributed by atoms with Crippen LogP contribution in [0.25, 0.3) is 5.57 Å². The quantitative estimate of drug-likeness (QED) is 0.838. The van der Waals surface area contributed by atoms with Crippen molar-refractivity contribution in [3.8, 4) is 5.75 Å². The Kier molecular flexibility index (Phi) is 3.10. The number of benzene rings is 1. The summed E-state index contributed by atoms with van der Waals surface area (Å²) in [6.07, 6.45) is 7.93. The lowest BCUT2D eigenvalue weighted by molar-refractivity contribution is -0.119. The van der Waals surface area contributed by atoms with Gasteiger partial charge in [0.1, 0.15) is 11.5 Å². The maximum atomic E-state index is 13.3. The topological polar surface area (TPSA) is 57.5 Å². The Morgan fingerprint density at radius 3 is 2.42 bits per heavy atom. The van der Waals surface area contributed by atoms with E-state index in [1.807, 2.05) is 6.07 Å². The molecule has 126 valence electrons. The first-order chi connectivity index (χ1) is 11.6. The Morgan fingerprint density at radius 2 is 1.71 bits per heavy atom. The molecule has 2 unspecified atom stereocenters. The van der Waals surface area contributed by atoms with E-state index < -0.39 is 0 Å². The lowest BCUT2D eigenvalue weighted by atomic mass is 9.77. The van der Waals surface area contributed by atoms with Gasteiger partial charge >= 0.3 is 0 Å². The number of allylic oxidation sites excluding steroid dienone is 2. The number of rotatable bonds is 2. The van der Waals surface area contributed by atoms with Gasteiger partial charge in [0.15, 0.2) is 5.78 Å². The number of fused-ring (bicyclic) bond motifs is 2. The fraction of sp³-hybridized carbons (Fsp3) is 0.571. The second-order valence-electron chi connectivity index (χ2n) is 8.32. The summed E-state index contributed by atoms with van der Waals surface area (Å²) < 4.78 is 0. The maximum Gasteiger partial charge on any atom is 0.170 e. The summed E-state index contributed by atoms with van der Waals surface area (Å²) in [6, 6.07) is 5.34. The van der Waals surface area contributed by atoms with E-state index in [1.165, 1.54) is 12.8 Å². The number of phenols is 1. The van der Waals surface area contributed by atoms with Crippen LogP contribution in [0.4, 0.5) is 0 Å². The van der Waals surface area contributed by atoms with E-state index in [9.17, 15) is 15.0 Å². The summed E-state index contributed by atoms with van der Waals surface area (Å²) >= 11 is 0. The summed E-state index contributed by atoms with van der Waals surface area (Å²) in [5.41, 5.74) is 2.45. The first-order valence-corrected chi connectivity index (χ1v) is 9.44. The van der Waals surface area contributed by atoms with E-state index >= 15 is 0 Å². The molecule has 6 rings (SSSR count). The molecule has 1 aromatic carbocycles. The van der Waals surface area contributed by atoms with Crippen LogP contribution in [0.1, 0.15) is 62.0 Å². The van der Waals surface area contributed by atoms with E-state index in [4.69, 9.17) is 0 Å². The van der Waals surface area contributed by atoms with E-state index in [0.717, 1.165) is 43.2 Å². The lowest BCUT2D eigenvalue weighted by Gasteiger charge is -2.26. The Bertz CT molecular complexity index is 735. The Morgan fingerprint density at radius 1 is 0.958 bits per heavy atom. The van der Waals surface area contributed by atoms with Gasteiger partial charge in [-0.25, -0.2) is 0 Å². The highest BCUT2D eigenvalue weighted by Gasteiger charge is 2.50. The van der Waals surface area contributed by atoms with Gasteiger partial charge in [0.05, 0.1) is 5.57 Å². The zero-order valence-electron chi connectivity index (χ0n) is 13.9. The minimum Gasteiger partial charge on any atom is -0.511 e. The predicted molar refractivity (Wildman–Crippen MR) is 91.7 cm³/mol. The largest absolute Gasteiger partial charge is 0.511 e. The van der Waals surface area contributed by atoms with Crippen molar-refractivity contribution in [1.82, 2.24) is 0 Å². The van der Waals surface area contributed by atoms with Crippen molar-refractivity contribution in [3.05, 3.63) is 35.1 Å². The predicted octanol–water partition coefficient (Wildman–Crippen LogP) is 4.56. The molecule has 2 bridgehead atoms. The van der Waals surface area contributed by atoms with Gasteiger partial charge in [0, 0.05) is 11.8 Å². The average molecular weight is 324 g/mol. The molecule has 4 fully saturated rings. The zero-order chi connectivity index (χ0) is 16.4. The summed E-state index contributed by atoms with van der Waals surface area (Å²) in [4.78, 5) is 13.3. The van der Waals surface area contributed by atoms with Gasteiger partial charge < -0.3 is 10.2 Å². The number of Topliss-reactive ketones (excluding diaryl/α,β-unsaturated/α-hetero) is 1. The highest BCUT2D eigenvalue weighted by Crippen LogP contribution is 2.55. The van der Waals surface area contributed by atoms with Crippen molar-refractivity contribution < 1.29 is 15.0 Å². The van der Waals surface area contributed by atoms with Gasteiger partial charge in [-0.15, -0.1) is 0 Å². The number of carbonyl (C=O) groups is 1. The van der Waals surface area contributed by atoms with E-state index in [1.54, 1.807) is 12.1 Å². The van der Waals surface area contributed by atoms with Gasteiger partial charge in [-0.05, 0) is 73.1 Å². The second kappa shape index (κ2) is 5.11. The Hall–Kier alpha value is -1.77. The molecule has 4 saturated carbocycles. The van der Waals surface area contributed by atoms with Crippen LogP contribution < -0.4 is 0 Å². The van der Waals surface area contributed by atoms with Gasteiger partial charge in [-0.1, -0.05) is 18.9 Å². The molecule has 5 aliphatic rings. The standard InChI is InChI=1S/C21H24O3/c22-14-7-8-15(12-5-6-12)16(10-14)19-20(23)17-9-11-1-3-13(4-2-11)18(17)21(19)24/h7-8,10-13,17-18,22-23H,1-6,9H2. The molecule has 0 aromatic heterocycles. The monoisotopic (exact) mass is 324 g/mol. The molecule has 3 nitrogen and oxygen atoms in total. The van der Waals surface area contributed by atoms with E-state index in [0.29, 0.717) is 29.1 Å². The molecule has 0 radical (unpaired) electrons. The Balaban J connectivity index is 1.63. The molecular weight excluding hydrogens is 300 g/mol. The Labute approximate surface area is 142 Å². The number of hydrogen-bond donors (Lipinski definition) is 2. The normalized spacial score (nSPS) is 35.2. The first kappa shape index (κ1) is 14.6. The van der Waals surface area contributed by atoms with Crippen molar-refractivity contribution in [2.75, 3.05) is 0 Å². The zero-order valence-corrected chi connectivity index (χ0v) is 13.9. The number of ketones is 1. The van der Waals surface area contributed by atoms with E-state index in [2.05, 4.69) is 0 Å². The minimum absolute atomic E-state index is 0.0157. The number of hydrogen-bond acceptors (Lipinski definition) is 3. The van der Waals surface area contributed by atoms with Crippen molar-refractivity contribution >= 4 is 11.4 Å². The van der Waals surface area contributed by atoms with Crippen LogP contribution in [0.5, 0.6) is 5.75 Å². The smallest absolute Gasteiger partial charge is 0.170 e. The molecular formula is C21H24O3. The van der Waals surface area contributed by atoms with Crippen LogP contribution >= 0.6 is 0 Å². The van der Waals surface area contributed by atoms with Crippen LogP contribution in [-0.4, -0.2) is 16.0 Å². The molecule has 0 spiro atoms. The molecule has 5 aliphatic carbocycles. The van der Waals surface area contributed by atoms with Gasteiger partial charge in [-0.3, -0.25) is 4.79 Å². The molecule has 2 N–H and O–H groups in total. The van der Waals surface area contributed by atoms with Crippen LogP contribution in [0.3, 0.4) is 0 Å². The first-order valence-electron chi connectivity index (χ1n) is 9.44.